The van der Waals surface area contributed by atoms with Crippen LogP contribution in [-0.2, 0) is 10.1 Å². The first-order valence-electron chi connectivity index (χ1n) is 3.69. The van der Waals surface area contributed by atoms with Crippen LogP contribution in [0.15, 0.2) is 10.7 Å². The fourth-order valence-corrected chi connectivity index (χ4v) is 1.86. The van der Waals surface area contributed by atoms with Gasteiger partial charge in [-0.3, -0.25) is 0 Å². The van der Waals surface area contributed by atoms with E-state index in [-0.39, 0.29) is 5.69 Å². The van der Waals surface area contributed by atoms with Crippen molar-refractivity contribution in [2.45, 2.75) is 5.33 Å². The van der Waals surface area contributed by atoms with E-state index >= 15 is 0 Å². The summed E-state index contributed by atoms with van der Waals surface area (Å²) in [5.74, 6) is -0.487. The van der Waals surface area contributed by atoms with Crippen LogP contribution >= 0.6 is 31.9 Å². The molecule has 1 aromatic rings. The second-order valence-corrected chi connectivity index (χ2v) is 3.89. The average molecular weight is 324 g/mol. The third-order valence-electron chi connectivity index (χ3n) is 1.69. The zero-order valence-corrected chi connectivity index (χ0v) is 10.6. The Labute approximate surface area is 98.1 Å². The standard InChI is InChI=1S/C8H8Br2N2O2/c1-14-8(13)7-4(2-9)6(11)5(10)3-12-7/h3H,2H2,1H3,(H2,11,12). The zero-order chi connectivity index (χ0) is 10.7. The van der Waals surface area contributed by atoms with Gasteiger partial charge in [0.2, 0.25) is 0 Å². The summed E-state index contributed by atoms with van der Waals surface area (Å²) in [5.41, 5.74) is 7.13. The fourth-order valence-electron chi connectivity index (χ4n) is 0.948. The first kappa shape index (κ1) is 11.5. The molecule has 14 heavy (non-hydrogen) atoms. The summed E-state index contributed by atoms with van der Waals surface area (Å²) < 4.78 is 5.25. The monoisotopic (exact) mass is 322 g/mol. The van der Waals surface area contributed by atoms with Gasteiger partial charge in [-0.1, -0.05) is 15.9 Å². The summed E-state index contributed by atoms with van der Waals surface area (Å²) in [7, 11) is 1.31. The number of ether oxygens (including phenoxy) is 1. The van der Waals surface area contributed by atoms with E-state index in [4.69, 9.17) is 5.73 Å². The summed E-state index contributed by atoms with van der Waals surface area (Å²) in [6.45, 7) is 0. The highest BCUT2D eigenvalue weighted by molar-refractivity contribution is 9.10. The van der Waals surface area contributed by atoms with Crippen LogP contribution in [0.5, 0.6) is 0 Å². The van der Waals surface area contributed by atoms with E-state index in [9.17, 15) is 4.79 Å². The van der Waals surface area contributed by atoms with Gasteiger partial charge < -0.3 is 10.5 Å². The van der Waals surface area contributed by atoms with Gasteiger partial charge in [-0.2, -0.15) is 0 Å². The minimum Gasteiger partial charge on any atom is -0.464 e. The number of halogens is 2. The number of carbonyl (C=O) groups is 1. The van der Waals surface area contributed by atoms with Crippen LogP contribution in [0.3, 0.4) is 0 Å². The molecule has 0 aromatic carbocycles. The number of esters is 1. The molecule has 2 N–H and O–H groups in total. The van der Waals surface area contributed by atoms with Crippen molar-refractivity contribution in [2.24, 2.45) is 0 Å². The molecular weight excluding hydrogens is 316 g/mol. The van der Waals surface area contributed by atoms with E-state index in [0.717, 1.165) is 0 Å². The van der Waals surface area contributed by atoms with Crippen LogP contribution in [-0.4, -0.2) is 18.1 Å². The Morgan fingerprint density at radius 3 is 2.86 bits per heavy atom. The number of nitrogen functional groups attached to an aromatic ring is 1. The molecule has 0 bridgehead atoms. The van der Waals surface area contributed by atoms with Gasteiger partial charge >= 0.3 is 5.97 Å². The van der Waals surface area contributed by atoms with Crippen molar-refractivity contribution in [1.82, 2.24) is 4.98 Å². The summed E-state index contributed by atoms with van der Waals surface area (Å²) >= 11 is 6.47. The number of methoxy groups -OCH3 is 1. The van der Waals surface area contributed by atoms with E-state index in [2.05, 4.69) is 41.6 Å². The average Bonchev–Trinajstić information content (AvgIpc) is 2.20. The van der Waals surface area contributed by atoms with Crippen LogP contribution < -0.4 is 5.73 Å². The topological polar surface area (TPSA) is 65.2 Å². The molecule has 0 fully saturated rings. The summed E-state index contributed by atoms with van der Waals surface area (Å²) in [6.07, 6.45) is 1.48. The van der Waals surface area contributed by atoms with E-state index in [0.29, 0.717) is 21.1 Å². The quantitative estimate of drug-likeness (QED) is 0.668. The summed E-state index contributed by atoms with van der Waals surface area (Å²) in [5, 5.41) is 0.454. The molecule has 0 aliphatic rings. The Morgan fingerprint density at radius 1 is 1.71 bits per heavy atom. The predicted octanol–water partition coefficient (Wildman–Crippen LogP) is 2.11. The molecule has 0 radical (unpaired) electrons. The van der Waals surface area contributed by atoms with Crippen molar-refractivity contribution in [2.75, 3.05) is 12.8 Å². The molecule has 76 valence electrons. The van der Waals surface area contributed by atoms with Gasteiger partial charge in [0.15, 0.2) is 5.69 Å². The third-order valence-corrected chi connectivity index (χ3v) is 2.88. The van der Waals surface area contributed by atoms with Gasteiger partial charge in [0, 0.05) is 17.1 Å². The highest BCUT2D eigenvalue weighted by Gasteiger charge is 2.16. The molecule has 0 aliphatic heterocycles. The number of alkyl halides is 1. The number of carbonyl (C=O) groups excluding carboxylic acids is 1. The lowest BCUT2D eigenvalue weighted by Gasteiger charge is -2.08. The molecule has 0 spiro atoms. The van der Waals surface area contributed by atoms with Crippen LogP contribution in [0.25, 0.3) is 0 Å². The molecule has 0 saturated heterocycles. The molecule has 1 heterocycles. The molecule has 0 aliphatic carbocycles. The number of aromatic nitrogens is 1. The highest BCUT2D eigenvalue weighted by atomic mass is 79.9. The molecule has 4 nitrogen and oxygen atoms in total. The summed E-state index contributed by atoms with van der Waals surface area (Å²) in [6, 6.07) is 0. The van der Waals surface area contributed by atoms with E-state index in [1.54, 1.807) is 0 Å². The van der Waals surface area contributed by atoms with E-state index < -0.39 is 5.97 Å². The maximum Gasteiger partial charge on any atom is 0.357 e. The van der Waals surface area contributed by atoms with Crippen LogP contribution in [0.4, 0.5) is 5.69 Å². The normalized spacial score (nSPS) is 9.93. The lowest BCUT2D eigenvalue weighted by molar-refractivity contribution is 0.0593. The lowest BCUT2D eigenvalue weighted by Crippen LogP contribution is -2.10. The number of pyridine rings is 1. The third kappa shape index (κ3) is 2.06. The van der Waals surface area contributed by atoms with Crippen LogP contribution in [0.1, 0.15) is 16.1 Å². The van der Waals surface area contributed by atoms with E-state index in [1.807, 2.05) is 0 Å². The Morgan fingerprint density at radius 2 is 2.36 bits per heavy atom. The number of hydrogen-bond donors (Lipinski definition) is 1. The smallest absolute Gasteiger partial charge is 0.357 e. The minimum atomic E-state index is -0.487. The lowest BCUT2D eigenvalue weighted by atomic mass is 10.2. The maximum atomic E-state index is 11.3. The van der Waals surface area contributed by atoms with Gasteiger partial charge in [-0.15, -0.1) is 0 Å². The minimum absolute atomic E-state index is 0.241. The van der Waals surface area contributed by atoms with Gasteiger partial charge in [0.05, 0.1) is 17.3 Å². The van der Waals surface area contributed by atoms with Gasteiger partial charge in [0.1, 0.15) is 0 Å². The molecule has 0 saturated carbocycles. The SMILES string of the molecule is COC(=O)c1ncc(Br)c(N)c1CBr. The highest BCUT2D eigenvalue weighted by Crippen LogP contribution is 2.26. The number of rotatable bonds is 2. The Balaban J connectivity index is 3.31. The van der Waals surface area contributed by atoms with Gasteiger partial charge in [-0.05, 0) is 15.9 Å². The predicted molar refractivity (Wildman–Crippen MR) is 60.3 cm³/mol. The maximum absolute atomic E-state index is 11.3. The Hall–Kier alpha value is -0.620. The number of hydrogen-bond acceptors (Lipinski definition) is 4. The van der Waals surface area contributed by atoms with Crippen molar-refractivity contribution in [3.05, 3.63) is 21.9 Å². The van der Waals surface area contributed by atoms with Crippen LogP contribution in [0, 0.1) is 0 Å². The van der Waals surface area contributed by atoms with Crippen LogP contribution in [0.2, 0.25) is 0 Å². The number of nitrogens with two attached hydrogens (primary N) is 1. The van der Waals surface area contributed by atoms with Gasteiger partial charge in [-0.25, -0.2) is 9.78 Å². The van der Waals surface area contributed by atoms with E-state index in [1.165, 1.54) is 13.3 Å². The Bertz CT molecular complexity index is 369. The largest absolute Gasteiger partial charge is 0.464 e. The van der Waals surface area contributed by atoms with Crippen molar-refractivity contribution >= 4 is 43.5 Å². The van der Waals surface area contributed by atoms with Gasteiger partial charge in [0.25, 0.3) is 0 Å². The first-order valence-corrected chi connectivity index (χ1v) is 5.60. The molecule has 0 atom stereocenters. The molecule has 1 rings (SSSR count). The second kappa shape index (κ2) is 4.75. The summed E-state index contributed by atoms with van der Waals surface area (Å²) in [4.78, 5) is 15.2. The van der Waals surface area contributed by atoms with Crippen molar-refractivity contribution in [1.29, 1.82) is 0 Å². The molecule has 0 unspecified atom stereocenters. The number of anilines is 1. The molecule has 0 amide bonds. The Kier molecular flexibility index (Phi) is 3.88. The van der Waals surface area contributed by atoms with Crippen molar-refractivity contribution < 1.29 is 9.53 Å². The molecule has 1 aromatic heterocycles. The fraction of sp³-hybridized carbons (Fsp3) is 0.250. The first-order chi connectivity index (χ1) is 6.61. The zero-order valence-electron chi connectivity index (χ0n) is 7.38. The second-order valence-electron chi connectivity index (χ2n) is 2.47. The molecular formula is C8H8Br2N2O2. The van der Waals surface area contributed by atoms with Crippen molar-refractivity contribution in [3.63, 3.8) is 0 Å². The molecule has 6 heteroatoms. The van der Waals surface area contributed by atoms with Crippen molar-refractivity contribution in [3.8, 4) is 0 Å². The number of nitrogens with zero attached hydrogens (tertiary/aromatic N) is 1.